The first kappa shape index (κ1) is 20.3. The van der Waals surface area contributed by atoms with Crippen LogP contribution < -0.4 is 0 Å². The van der Waals surface area contributed by atoms with Gasteiger partial charge in [0.2, 0.25) is 0 Å². The van der Waals surface area contributed by atoms with E-state index in [1.807, 2.05) is 19.6 Å². The van der Waals surface area contributed by atoms with E-state index in [0.29, 0.717) is 0 Å². The van der Waals surface area contributed by atoms with Crippen LogP contribution in [0.1, 0.15) is 0 Å². The molecule has 0 radical (unpaired) electrons. The third kappa shape index (κ3) is 5.23. The van der Waals surface area contributed by atoms with Gasteiger partial charge in [0.1, 0.15) is 12.2 Å². The summed E-state index contributed by atoms with van der Waals surface area (Å²) in [4.78, 5) is 12.5. The summed E-state index contributed by atoms with van der Waals surface area (Å²) in [6, 6.07) is 0. The molecule has 6 nitrogen and oxygen atoms in total. The highest BCUT2D eigenvalue weighted by molar-refractivity contribution is 6.70. The van der Waals surface area contributed by atoms with Crippen LogP contribution >= 0.6 is 0 Å². The van der Waals surface area contributed by atoms with Gasteiger partial charge in [-0.3, -0.25) is 0 Å². The Balaban J connectivity index is 2.27. The first-order chi connectivity index (χ1) is 10.7. The van der Waals surface area contributed by atoms with Crippen molar-refractivity contribution in [2.75, 3.05) is 0 Å². The Labute approximate surface area is 148 Å². The van der Waals surface area contributed by atoms with E-state index in [2.05, 4.69) is 39.3 Å². The lowest BCUT2D eigenvalue weighted by atomic mass is 10.0. The summed E-state index contributed by atoms with van der Waals surface area (Å²) < 4.78 is 30.3. The minimum absolute atomic E-state index is 0.322. The van der Waals surface area contributed by atoms with Gasteiger partial charge in [0.05, 0.1) is 0 Å². The van der Waals surface area contributed by atoms with Crippen molar-refractivity contribution in [3.63, 3.8) is 0 Å². The Kier molecular flexibility index (Phi) is 5.58. The molecule has 2 aliphatic heterocycles. The normalized spacial score (nSPS) is 34.4. The van der Waals surface area contributed by atoms with Crippen molar-refractivity contribution in [3.05, 3.63) is 0 Å². The molecule has 0 aromatic heterocycles. The van der Waals surface area contributed by atoms with Crippen LogP contribution in [-0.2, 0) is 27.5 Å². The molecule has 2 rings (SSSR count). The van der Waals surface area contributed by atoms with Crippen LogP contribution in [0, 0.1) is 0 Å². The molecule has 9 heteroatoms. The lowest BCUT2D eigenvalue weighted by Gasteiger charge is -2.38. The number of carbonyl (C=O) groups excluding carboxylic acids is 1. The van der Waals surface area contributed by atoms with Crippen LogP contribution in [0.15, 0.2) is 0 Å². The van der Waals surface area contributed by atoms with Gasteiger partial charge < -0.3 is 22.8 Å². The maximum absolute atomic E-state index is 12.5. The zero-order valence-corrected chi connectivity index (χ0v) is 19.3. The molecule has 2 bridgehead atoms. The fourth-order valence-corrected chi connectivity index (χ4v) is 5.80. The molecule has 0 aromatic rings. The van der Waals surface area contributed by atoms with Gasteiger partial charge in [-0.05, 0) is 58.9 Å². The molecule has 5 atom stereocenters. The van der Waals surface area contributed by atoms with Crippen LogP contribution in [0.5, 0.6) is 0 Å². The van der Waals surface area contributed by atoms with Crippen LogP contribution in [0.3, 0.4) is 0 Å². The smallest absolute Gasteiger partial charge is 0.337 e. The Bertz CT molecular complexity index is 479. The molecule has 0 spiro atoms. The van der Waals surface area contributed by atoms with Crippen LogP contribution in [0.4, 0.5) is 0 Å². The Morgan fingerprint density at radius 3 is 1.71 bits per heavy atom. The molecular formula is C15H32O6Si3. The number of rotatable bonds is 6. The molecule has 2 aliphatic rings. The average molecular weight is 393 g/mol. The molecule has 0 aromatic carbocycles. The van der Waals surface area contributed by atoms with Crippen molar-refractivity contribution in [2.24, 2.45) is 0 Å². The summed E-state index contributed by atoms with van der Waals surface area (Å²) in [6.07, 6.45) is -2.60. The zero-order valence-electron chi connectivity index (χ0n) is 16.3. The van der Waals surface area contributed by atoms with Gasteiger partial charge in [0.15, 0.2) is 43.5 Å². The van der Waals surface area contributed by atoms with Gasteiger partial charge in [0, 0.05) is 0 Å². The summed E-state index contributed by atoms with van der Waals surface area (Å²) in [5.74, 6) is -0.357. The predicted octanol–water partition coefficient (Wildman–Crippen LogP) is 2.93. The second kappa shape index (κ2) is 6.60. The second-order valence-corrected chi connectivity index (χ2v) is 22.8. The number of ether oxygens (including phenoxy) is 2. The van der Waals surface area contributed by atoms with E-state index in [1.54, 1.807) is 0 Å². The number of carbonyl (C=O) groups is 1. The number of fused-ring (bicyclic) bond motifs is 2. The third-order valence-corrected chi connectivity index (χ3v) is 6.31. The van der Waals surface area contributed by atoms with Gasteiger partial charge >= 0.3 is 5.97 Å². The molecule has 24 heavy (non-hydrogen) atoms. The molecule has 140 valence electrons. The third-order valence-electron chi connectivity index (χ3n) is 3.43. The fourth-order valence-electron chi connectivity index (χ4n) is 2.83. The summed E-state index contributed by atoms with van der Waals surface area (Å²) in [5, 5.41) is 0. The highest BCUT2D eigenvalue weighted by Crippen LogP contribution is 2.38. The summed E-state index contributed by atoms with van der Waals surface area (Å²) >= 11 is 0. The summed E-state index contributed by atoms with van der Waals surface area (Å²) in [6.45, 7) is 18.8. The predicted molar refractivity (Wildman–Crippen MR) is 99.4 cm³/mol. The van der Waals surface area contributed by atoms with Crippen molar-refractivity contribution >= 4 is 30.9 Å². The maximum Gasteiger partial charge on any atom is 0.337 e. The number of hydrogen-bond acceptors (Lipinski definition) is 6. The van der Waals surface area contributed by atoms with Crippen molar-refractivity contribution in [3.8, 4) is 0 Å². The van der Waals surface area contributed by atoms with Crippen LogP contribution in [0.2, 0.25) is 58.9 Å². The first-order valence-corrected chi connectivity index (χ1v) is 18.8. The number of hydrogen-bond donors (Lipinski definition) is 0. The lowest BCUT2D eigenvalue weighted by Crippen LogP contribution is -2.58. The molecule has 2 heterocycles. The fraction of sp³-hybridized carbons (Fsp3) is 0.933. The van der Waals surface area contributed by atoms with E-state index >= 15 is 0 Å². The van der Waals surface area contributed by atoms with E-state index in [4.69, 9.17) is 22.8 Å². The quantitative estimate of drug-likeness (QED) is 0.511. The zero-order chi connectivity index (χ0) is 18.5. The van der Waals surface area contributed by atoms with Crippen molar-refractivity contribution in [1.82, 2.24) is 0 Å². The maximum atomic E-state index is 12.5. The van der Waals surface area contributed by atoms with Gasteiger partial charge in [-0.25, -0.2) is 4.79 Å². The first-order valence-electron chi connectivity index (χ1n) is 8.56. The largest absolute Gasteiger partial charge is 0.452 e. The van der Waals surface area contributed by atoms with Gasteiger partial charge in [-0.15, -0.1) is 0 Å². The molecule has 0 N–H and O–H groups in total. The van der Waals surface area contributed by atoms with Crippen molar-refractivity contribution in [1.29, 1.82) is 0 Å². The summed E-state index contributed by atoms with van der Waals surface area (Å²) in [7, 11) is -5.64. The van der Waals surface area contributed by atoms with E-state index in [1.165, 1.54) is 0 Å². The van der Waals surface area contributed by atoms with Gasteiger partial charge in [-0.2, -0.15) is 0 Å². The minimum Gasteiger partial charge on any atom is -0.452 e. The van der Waals surface area contributed by atoms with Crippen LogP contribution in [-0.4, -0.2) is 61.6 Å². The Hall–Kier alpha value is -0.0394. The van der Waals surface area contributed by atoms with Crippen molar-refractivity contribution < 1.29 is 27.5 Å². The number of esters is 1. The highest BCUT2D eigenvalue weighted by atomic mass is 28.4. The Morgan fingerprint density at radius 1 is 0.750 bits per heavy atom. The Morgan fingerprint density at radius 2 is 1.25 bits per heavy atom. The summed E-state index contributed by atoms with van der Waals surface area (Å²) in [5.41, 5.74) is 0. The minimum atomic E-state index is -1.94. The molecule has 0 amide bonds. The second-order valence-electron chi connectivity index (χ2n) is 9.45. The van der Waals surface area contributed by atoms with Crippen LogP contribution in [0.25, 0.3) is 0 Å². The van der Waals surface area contributed by atoms with E-state index in [0.717, 1.165) is 0 Å². The molecule has 2 fully saturated rings. The molecule has 5 unspecified atom stereocenters. The molecule has 2 saturated heterocycles. The average Bonchev–Trinajstić information content (AvgIpc) is 2.52. The SMILES string of the molecule is C[Si](C)(C)OC1OC2C(O[Si](C)(C)C)C(=O)OC1C2O[Si](C)(C)C. The molecular weight excluding hydrogens is 360 g/mol. The van der Waals surface area contributed by atoms with E-state index in [-0.39, 0.29) is 12.1 Å². The van der Waals surface area contributed by atoms with E-state index in [9.17, 15) is 4.79 Å². The lowest BCUT2D eigenvalue weighted by molar-refractivity contribution is -0.176. The van der Waals surface area contributed by atoms with Gasteiger partial charge in [0.25, 0.3) is 0 Å². The highest BCUT2D eigenvalue weighted by Gasteiger charge is 2.60. The topological polar surface area (TPSA) is 63.2 Å². The molecule has 0 saturated carbocycles. The standard InChI is InChI=1S/C15H32O6Si3/c1-22(2,3)19-11-10-12(20-23(4,5)6)14(16)17-13(11)15(18-10)21-24(7,8)9/h10-13,15H,1-9H3. The van der Waals surface area contributed by atoms with E-state index < -0.39 is 49.6 Å². The molecule has 0 aliphatic carbocycles. The monoisotopic (exact) mass is 392 g/mol. The van der Waals surface area contributed by atoms with Crippen molar-refractivity contribution in [2.45, 2.75) is 89.6 Å². The van der Waals surface area contributed by atoms with Gasteiger partial charge in [-0.1, -0.05) is 0 Å².